The van der Waals surface area contributed by atoms with Crippen LogP contribution in [0.15, 0.2) is 23.2 Å². The number of benzene rings is 1. The molecule has 2 aromatic rings. The summed E-state index contributed by atoms with van der Waals surface area (Å²) in [5, 5.41) is -1.04. The number of hydrogen-bond donors (Lipinski definition) is 0. The zero-order valence-corrected chi connectivity index (χ0v) is 14.5. The van der Waals surface area contributed by atoms with Crippen LogP contribution in [0.2, 0.25) is 0 Å². The molecule has 0 unspecified atom stereocenters. The maximum atomic E-state index is 11.8. The molecule has 1 heterocycles. The Hall–Kier alpha value is -2.00. The van der Waals surface area contributed by atoms with Crippen LogP contribution in [-0.2, 0) is 26.5 Å². The van der Waals surface area contributed by atoms with E-state index < -0.39 is 26.6 Å². The highest BCUT2D eigenvalue weighted by atomic mass is 32.2. The maximum Gasteiger partial charge on any atom is 0.264 e. The van der Waals surface area contributed by atoms with Gasteiger partial charge in [-0.2, -0.15) is 4.99 Å². The Morgan fingerprint density at radius 1 is 1.35 bits per heavy atom. The number of ether oxygens (including phenoxy) is 1. The summed E-state index contributed by atoms with van der Waals surface area (Å²) in [6.45, 7) is 3.34. The fraction of sp³-hybridized carbons (Fsp3) is 0.357. The average molecular weight is 356 g/mol. The molecule has 0 saturated carbocycles. The van der Waals surface area contributed by atoms with Crippen molar-refractivity contribution in [3.63, 3.8) is 0 Å². The van der Waals surface area contributed by atoms with E-state index in [2.05, 4.69) is 4.99 Å². The van der Waals surface area contributed by atoms with Gasteiger partial charge in [-0.25, -0.2) is 8.42 Å². The van der Waals surface area contributed by atoms with Gasteiger partial charge in [0.2, 0.25) is 15.0 Å². The van der Waals surface area contributed by atoms with Gasteiger partial charge in [-0.3, -0.25) is 9.59 Å². The van der Waals surface area contributed by atoms with Crippen molar-refractivity contribution >= 4 is 42.4 Å². The molecule has 0 N–H and O–H groups in total. The molecule has 0 fully saturated rings. The number of sulfone groups is 1. The average Bonchev–Trinajstić information content (AvgIpc) is 2.74. The van der Waals surface area contributed by atoms with Crippen molar-refractivity contribution in [2.24, 2.45) is 12.0 Å². The predicted octanol–water partition coefficient (Wildman–Crippen LogP) is 1.03. The molecule has 0 aliphatic carbocycles. The minimum absolute atomic E-state index is 0.359. The second kappa shape index (κ2) is 6.63. The third kappa shape index (κ3) is 3.85. The van der Waals surface area contributed by atoms with Crippen LogP contribution in [0, 0.1) is 0 Å². The molecule has 2 rings (SSSR count). The summed E-state index contributed by atoms with van der Waals surface area (Å²) in [5.74, 6) is -1.08. The lowest BCUT2D eigenvalue weighted by Crippen LogP contribution is -2.23. The van der Waals surface area contributed by atoms with Crippen LogP contribution in [0.1, 0.15) is 13.8 Å². The molecule has 23 heavy (non-hydrogen) atoms. The van der Waals surface area contributed by atoms with Gasteiger partial charge in [0.25, 0.3) is 5.91 Å². The van der Waals surface area contributed by atoms with Crippen LogP contribution in [0.25, 0.3) is 10.2 Å². The van der Waals surface area contributed by atoms with Crippen molar-refractivity contribution in [3.8, 4) is 5.75 Å². The van der Waals surface area contributed by atoms with Gasteiger partial charge >= 0.3 is 0 Å². The topological polar surface area (TPSA) is 94.8 Å². The molecule has 9 heteroatoms. The van der Waals surface area contributed by atoms with Gasteiger partial charge in [0, 0.05) is 14.0 Å². The van der Waals surface area contributed by atoms with E-state index in [9.17, 15) is 18.0 Å². The fourth-order valence-corrected chi connectivity index (χ4v) is 3.54. The number of thiazole rings is 1. The number of carbonyl (C=O) groups is 2. The Bertz CT molecular complexity index is 938. The second-order valence-electron chi connectivity index (χ2n) is 4.76. The van der Waals surface area contributed by atoms with Crippen LogP contribution in [-0.4, -0.2) is 36.4 Å². The van der Waals surface area contributed by atoms with Crippen LogP contribution in [0.3, 0.4) is 0 Å². The third-order valence-corrected chi connectivity index (χ3v) is 5.66. The van der Waals surface area contributed by atoms with Gasteiger partial charge in [-0.15, -0.1) is 0 Å². The number of nitrogens with zero attached hydrogens (tertiary/aromatic N) is 2. The molecule has 124 valence electrons. The number of amides is 1. The summed E-state index contributed by atoms with van der Waals surface area (Å²) < 4.78 is 30.9. The number of aromatic nitrogens is 1. The molecule has 7 nitrogen and oxygen atoms in total. The SMILES string of the molecule is CCOc1ccc2c(c1)sc(=NC(=O)CS(=O)(=O)C(C)=O)n2C. The van der Waals surface area contributed by atoms with Gasteiger partial charge in [-0.05, 0) is 25.1 Å². The van der Waals surface area contributed by atoms with E-state index in [-0.39, 0.29) is 0 Å². The predicted molar refractivity (Wildman–Crippen MR) is 87.0 cm³/mol. The van der Waals surface area contributed by atoms with E-state index in [0.717, 1.165) is 17.1 Å². The summed E-state index contributed by atoms with van der Waals surface area (Å²) in [6.07, 6.45) is 0. The minimum atomic E-state index is -4.08. The van der Waals surface area contributed by atoms with Crippen molar-refractivity contribution in [1.82, 2.24) is 4.57 Å². The van der Waals surface area contributed by atoms with Crippen molar-refractivity contribution in [2.75, 3.05) is 12.4 Å². The van der Waals surface area contributed by atoms with Crippen LogP contribution in [0.4, 0.5) is 0 Å². The molecular weight excluding hydrogens is 340 g/mol. The first-order valence-corrected chi connectivity index (χ1v) is 9.24. The van der Waals surface area contributed by atoms with Gasteiger partial charge in [-0.1, -0.05) is 11.3 Å². The molecule has 0 aliphatic rings. The first kappa shape index (κ1) is 17.4. The smallest absolute Gasteiger partial charge is 0.264 e. The molecular formula is C14H16N2O5S2. The van der Waals surface area contributed by atoms with E-state index in [1.54, 1.807) is 11.6 Å². The Kier molecular flexibility index (Phi) is 5.00. The number of rotatable bonds is 4. The zero-order valence-electron chi connectivity index (χ0n) is 12.9. The number of aryl methyl sites for hydroxylation is 1. The number of hydrogen-bond acceptors (Lipinski definition) is 6. The third-order valence-electron chi connectivity index (χ3n) is 3.06. The lowest BCUT2D eigenvalue weighted by atomic mass is 10.3. The van der Waals surface area contributed by atoms with Crippen LogP contribution >= 0.6 is 11.3 Å². The summed E-state index contributed by atoms with van der Waals surface area (Å²) in [5.41, 5.74) is 0.847. The molecule has 0 radical (unpaired) electrons. The van der Waals surface area contributed by atoms with E-state index in [0.29, 0.717) is 17.2 Å². The summed E-state index contributed by atoms with van der Waals surface area (Å²) >= 11 is 1.24. The monoisotopic (exact) mass is 356 g/mol. The Morgan fingerprint density at radius 2 is 2.04 bits per heavy atom. The summed E-state index contributed by atoms with van der Waals surface area (Å²) in [6, 6.07) is 5.48. The quantitative estimate of drug-likeness (QED) is 0.815. The van der Waals surface area contributed by atoms with E-state index in [4.69, 9.17) is 4.74 Å². The Balaban J connectivity index is 2.41. The molecule has 1 amide bonds. The van der Waals surface area contributed by atoms with Crippen molar-refractivity contribution in [1.29, 1.82) is 0 Å². The van der Waals surface area contributed by atoms with Crippen LogP contribution < -0.4 is 9.54 Å². The molecule has 0 atom stereocenters. The standard InChI is InChI=1S/C14H16N2O5S2/c1-4-21-10-5-6-11-12(7-10)22-14(16(11)3)15-13(18)8-23(19,20)9(2)17/h5-7H,4,8H2,1-3H3. The highest BCUT2D eigenvalue weighted by Gasteiger charge is 2.21. The highest BCUT2D eigenvalue weighted by Crippen LogP contribution is 2.22. The summed E-state index contributed by atoms with van der Waals surface area (Å²) in [7, 11) is -2.35. The van der Waals surface area contributed by atoms with Crippen molar-refractivity contribution < 1.29 is 22.7 Å². The zero-order chi connectivity index (χ0) is 17.2. The molecule has 1 aromatic carbocycles. The molecule has 0 saturated heterocycles. The second-order valence-corrected chi connectivity index (χ2v) is 7.86. The highest BCUT2D eigenvalue weighted by molar-refractivity contribution is 8.06. The number of fused-ring (bicyclic) bond motifs is 1. The first-order chi connectivity index (χ1) is 10.7. The van der Waals surface area contributed by atoms with Crippen LogP contribution in [0.5, 0.6) is 5.75 Å². The van der Waals surface area contributed by atoms with Gasteiger partial charge in [0.05, 0.1) is 16.8 Å². The lowest BCUT2D eigenvalue weighted by Gasteiger charge is -2.02. The lowest BCUT2D eigenvalue weighted by molar-refractivity contribution is -0.116. The first-order valence-electron chi connectivity index (χ1n) is 6.78. The van der Waals surface area contributed by atoms with E-state index >= 15 is 0 Å². The number of carbonyl (C=O) groups excluding carboxylic acids is 2. The normalized spacial score (nSPS) is 12.6. The molecule has 1 aromatic heterocycles. The maximum absolute atomic E-state index is 11.8. The van der Waals surface area contributed by atoms with Crippen molar-refractivity contribution in [3.05, 3.63) is 23.0 Å². The van der Waals surface area contributed by atoms with Gasteiger partial charge in [0.1, 0.15) is 11.5 Å². The van der Waals surface area contributed by atoms with Crippen molar-refractivity contribution in [2.45, 2.75) is 13.8 Å². The largest absolute Gasteiger partial charge is 0.494 e. The minimum Gasteiger partial charge on any atom is -0.494 e. The Labute approximate surface area is 137 Å². The fourth-order valence-electron chi connectivity index (χ4n) is 1.88. The molecule has 0 spiro atoms. The van der Waals surface area contributed by atoms with E-state index in [1.807, 2.05) is 25.1 Å². The van der Waals surface area contributed by atoms with Gasteiger partial charge < -0.3 is 9.30 Å². The summed E-state index contributed by atoms with van der Waals surface area (Å²) in [4.78, 5) is 26.9. The Morgan fingerprint density at radius 3 is 2.65 bits per heavy atom. The van der Waals surface area contributed by atoms with E-state index in [1.165, 1.54) is 11.3 Å². The molecule has 0 bridgehead atoms. The van der Waals surface area contributed by atoms with Gasteiger partial charge in [0.15, 0.2) is 4.80 Å². The molecule has 0 aliphatic heterocycles.